The number of rotatable bonds is 6. The number of halogens is 3. The van der Waals surface area contributed by atoms with E-state index in [1.54, 1.807) is 10.8 Å². The molecule has 6 rings (SSSR count). The standard InChI is InChI=1S/C28H34ClF2N7O2/c1-4-38-21-10-9-17(33-25-20(29)13-32-27(35-25)37-11-5-6-18(14-37)36(2)3)12-19(21)22-23(26(38)39)40-15-28(30,31)24(34-22)16-7-8-16/h9-10,12-13,16,18,24,34H,4-8,11,14-15H2,1-3H3,(H,32,33,35)/t18-,24-/m0/s1. The average molecular weight is 574 g/mol. The fraction of sp³-hybridized carbons (Fsp3) is 0.536. The molecule has 0 unspecified atom stereocenters. The molecule has 1 aliphatic carbocycles. The van der Waals surface area contributed by atoms with Crippen molar-refractivity contribution in [3.63, 3.8) is 0 Å². The SMILES string of the molecule is CCn1c(=O)c2c(c3cc(Nc4nc(N5CCC[C@H](N(C)C)C5)ncc4Cl)ccc31)N[C@@H](C1CC1)C(F)(F)CO2. The molecule has 9 nitrogen and oxygen atoms in total. The summed E-state index contributed by atoms with van der Waals surface area (Å²) in [5.41, 5.74) is 1.16. The maximum atomic E-state index is 15.0. The highest BCUT2D eigenvalue weighted by Gasteiger charge is 2.51. The lowest BCUT2D eigenvalue weighted by molar-refractivity contribution is -0.0579. The molecule has 2 fully saturated rings. The number of nitrogens with zero attached hydrogens (tertiary/aromatic N) is 5. The van der Waals surface area contributed by atoms with Crippen LogP contribution in [-0.2, 0) is 6.54 Å². The number of fused-ring (bicyclic) bond motifs is 3. The van der Waals surface area contributed by atoms with E-state index in [0.29, 0.717) is 51.7 Å². The van der Waals surface area contributed by atoms with E-state index in [1.807, 2.05) is 25.1 Å². The topological polar surface area (TPSA) is 87.6 Å². The number of piperidine rings is 1. The van der Waals surface area contributed by atoms with Crippen LogP contribution >= 0.6 is 11.6 Å². The van der Waals surface area contributed by atoms with Crippen LogP contribution in [0.1, 0.15) is 32.6 Å². The maximum absolute atomic E-state index is 15.0. The van der Waals surface area contributed by atoms with Crippen LogP contribution in [0.4, 0.5) is 31.9 Å². The number of anilines is 4. The van der Waals surface area contributed by atoms with Crippen LogP contribution in [0, 0.1) is 5.92 Å². The van der Waals surface area contributed by atoms with Crippen molar-refractivity contribution in [1.82, 2.24) is 19.4 Å². The Morgan fingerprint density at radius 3 is 2.80 bits per heavy atom. The van der Waals surface area contributed by atoms with Gasteiger partial charge in [-0.05, 0) is 70.8 Å². The molecule has 2 N–H and O–H groups in total. The summed E-state index contributed by atoms with van der Waals surface area (Å²) in [6.45, 7) is 3.06. The Balaban J connectivity index is 1.38. The number of ether oxygens (including phenoxy) is 1. The number of nitrogens with one attached hydrogen (secondary N) is 2. The van der Waals surface area contributed by atoms with Gasteiger partial charge in [0.05, 0.1) is 23.4 Å². The molecule has 2 aromatic heterocycles. The van der Waals surface area contributed by atoms with Crippen molar-refractivity contribution in [2.45, 2.75) is 57.2 Å². The number of aromatic nitrogens is 3. The van der Waals surface area contributed by atoms with Gasteiger partial charge in [0, 0.05) is 36.7 Å². The summed E-state index contributed by atoms with van der Waals surface area (Å²) in [4.78, 5) is 26.9. The molecular formula is C28H34ClF2N7O2. The molecule has 2 aliphatic heterocycles. The molecule has 3 aromatic rings. The molecule has 0 spiro atoms. The van der Waals surface area contributed by atoms with Gasteiger partial charge in [-0.2, -0.15) is 4.98 Å². The maximum Gasteiger partial charge on any atom is 0.301 e. The molecular weight excluding hydrogens is 540 g/mol. The third-order valence-electron chi connectivity index (χ3n) is 8.20. The first-order valence-corrected chi connectivity index (χ1v) is 14.2. The molecule has 1 saturated heterocycles. The Labute approximate surface area is 236 Å². The monoisotopic (exact) mass is 573 g/mol. The predicted molar refractivity (Wildman–Crippen MR) is 154 cm³/mol. The van der Waals surface area contributed by atoms with Gasteiger partial charge >= 0.3 is 5.92 Å². The minimum Gasteiger partial charge on any atom is -0.480 e. The van der Waals surface area contributed by atoms with Gasteiger partial charge in [0.15, 0.2) is 12.4 Å². The van der Waals surface area contributed by atoms with Gasteiger partial charge in [0.25, 0.3) is 5.56 Å². The zero-order chi connectivity index (χ0) is 28.2. The van der Waals surface area contributed by atoms with Crippen LogP contribution in [0.15, 0.2) is 29.2 Å². The van der Waals surface area contributed by atoms with Crippen molar-refractivity contribution in [2.75, 3.05) is 49.3 Å². The van der Waals surface area contributed by atoms with Crippen molar-refractivity contribution in [3.8, 4) is 5.75 Å². The highest BCUT2D eigenvalue weighted by atomic mass is 35.5. The molecule has 1 aromatic carbocycles. The molecule has 3 aliphatic rings. The van der Waals surface area contributed by atoms with Gasteiger partial charge < -0.3 is 29.7 Å². The zero-order valence-electron chi connectivity index (χ0n) is 22.9. The number of pyridine rings is 1. The van der Waals surface area contributed by atoms with Crippen molar-refractivity contribution in [3.05, 3.63) is 39.8 Å². The van der Waals surface area contributed by atoms with Crippen LogP contribution in [0.5, 0.6) is 5.75 Å². The van der Waals surface area contributed by atoms with E-state index in [1.165, 1.54) is 0 Å². The van der Waals surface area contributed by atoms with Gasteiger partial charge in [-0.25, -0.2) is 13.8 Å². The van der Waals surface area contributed by atoms with Gasteiger partial charge in [0.1, 0.15) is 5.02 Å². The smallest absolute Gasteiger partial charge is 0.301 e. The van der Waals surface area contributed by atoms with E-state index in [4.69, 9.17) is 21.3 Å². The van der Waals surface area contributed by atoms with Crippen molar-refractivity contribution >= 4 is 45.6 Å². The van der Waals surface area contributed by atoms with E-state index >= 15 is 8.78 Å². The predicted octanol–water partition coefficient (Wildman–Crippen LogP) is 4.96. The first-order valence-electron chi connectivity index (χ1n) is 13.8. The molecule has 0 bridgehead atoms. The second kappa shape index (κ2) is 10.3. The second-order valence-electron chi connectivity index (χ2n) is 11.2. The van der Waals surface area contributed by atoms with Crippen molar-refractivity contribution in [2.24, 2.45) is 5.92 Å². The summed E-state index contributed by atoms with van der Waals surface area (Å²) in [7, 11) is 4.16. The molecule has 2 atom stereocenters. The van der Waals surface area contributed by atoms with Crippen LogP contribution in [0.2, 0.25) is 5.02 Å². The van der Waals surface area contributed by atoms with Crippen LogP contribution < -0.4 is 25.8 Å². The molecule has 4 heterocycles. The Hall–Kier alpha value is -3.18. The van der Waals surface area contributed by atoms with Crippen molar-refractivity contribution < 1.29 is 13.5 Å². The number of hydrogen-bond acceptors (Lipinski definition) is 8. The van der Waals surface area contributed by atoms with Gasteiger partial charge in [-0.3, -0.25) is 4.79 Å². The van der Waals surface area contributed by atoms with Gasteiger partial charge in [0.2, 0.25) is 11.7 Å². The van der Waals surface area contributed by atoms with Crippen LogP contribution in [0.25, 0.3) is 10.9 Å². The third kappa shape index (κ3) is 4.94. The fourth-order valence-corrected chi connectivity index (χ4v) is 5.94. The minimum absolute atomic E-state index is 0.0720. The highest BCUT2D eigenvalue weighted by molar-refractivity contribution is 6.33. The Bertz CT molecular complexity index is 1490. The first-order chi connectivity index (χ1) is 19.2. The van der Waals surface area contributed by atoms with E-state index < -0.39 is 24.1 Å². The molecule has 0 radical (unpaired) electrons. The number of aryl methyl sites for hydroxylation is 1. The number of benzene rings is 1. The summed E-state index contributed by atoms with van der Waals surface area (Å²) < 4.78 is 37.1. The normalized spacial score (nSPS) is 22.4. The summed E-state index contributed by atoms with van der Waals surface area (Å²) >= 11 is 6.50. The zero-order valence-corrected chi connectivity index (χ0v) is 23.6. The Morgan fingerprint density at radius 2 is 2.08 bits per heavy atom. The summed E-state index contributed by atoms with van der Waals surface area (Å²) in [5.74, 6) is -2.29. The van der Waals surface area contributed by atoms with Gasteiger partial charge in [-0.1, -0.05) is 11.6 Å². The Kier molecular flexibility index (Phi) is 6.98. The lowest BCUT2D eigenvalue weighted by Crippen LogP contribution is -2.45. The summed E-state index contributed by atoms with van der Waals surface area (Å²) in [6.07, 6.45) is 5.20. The average Bonchev–Trinajstić information content (AvgIpc) is 3.78. The summed E-state index contributed by atoms with van der Waals surface area (Å²) in [6, 6.07) is 4.77. The van der Waals surface area contributed by atoms with E-state index in [9.17, 15) is 4.79 Å². The second-order valence-corrected chi connectivity index (χ2v) is 11.6. The molecule has 40 heavy (non-hydrogen) atoms. The quantitative estimate of drug-likeness (QED) is 0.428. The summed E-state index contributed by atoms with van der Waals surface area (Å²) in [5, 5.41) is 7.30. The van der Waals surface area contributed by atoms with E-state index in [-0.39, 0.29) is 11.7 Å². The Morgan fingerprint density at radius 1 is 1.27 bits per heavy atom. The largest absolute Gasteiger partial charge is 0.480 e. The highest BCUT2D eigenvalue weighted by Crippen LogP contribution is 2.45. The number of alkyl halides is 2. The fourth-order valence-electron chi connectivity index (χ4n) is 5.81. The van der Waals surface area contributed by atoms with Crippen LogP contribution in [0.3, 0.4) is 0 Å². The number of hydrogen-bond donors (Lipinski definition) is 2. The molecule has 1 saturated carbocycles. The number of likely N-dealkylation sites (N-methyl/N-ethyl adjacent to an activating group) is 1. The van der Waals surface area contributed by atoms with E-state index in [0.717, 1.165) is 38.8 Å². The van der Waals surface area contributed by atoms with Gasteiger partial charge in [-0.15, -0.1) is 0 Å². The lowest BCUT2D eigenvalue weighted by atomic mass is 10.0. The van der Waals surface area contributed by atoms with Crippen LogP contribution in [-0.4, -0.2) is 71.2 Å². The third-order valence-corrected chi connectivity index (χ3v) is 8.48. The van der Waals surface area contributed by atoms with E-state index in [2.05, 4.69) is 39.5 Å². The molecule has 0 amide bonds. The van der Waals surface area contributed by atoms with Crippen molar-refractivity contribution in [1.29, 1.82) is 0 Å². The minimum atomic E-state index is -3.10. The molecule has 12 heteroatoms. The lowest BCUT2D eigenvalue weighted by Gasteiger charge is -2.36. The molecule has 214 valence electrons. The first kappa shape index (κ1) is 27.0.